The lowest BCUT2D eigenvalue weighted by Gasteiger charge is -2.21. The molecule has 0 saturated heterocycles. The van der Waals surface area contributed by atoms with E-state index in [4.69, 9.17) is 0 Å². The minimum absolute atomic E-state index is 0.0320. The number of aryl methyl sites for hydroxylation is 1. The summed E-state index contributed by atoms with van der Waals surface area (Å²) in [6, 6.07) is 7.53. The first-order valence-corrected chi connectivity index (χ1v) is 11.5. The Hall–Kier alpha value is -2.35. The third-order valence-electron chi connectivity index (χ3n) is 5.47. The van der Waals surface area contributed by atoms with Crippen molar-refractivity contribution < 1.29 is 9.59 Å². The minimum atomic E-state index is -0.280. The largest absolute Gasteiger partial charge is 0.353 e. The summed E-state index contributed by atoms with van der Waals surface area (Å²) in [4.78, 5) is 24.9. The second-order valence-corrected chi connectivity index (χ2v) is 9.24. The first-order valence-electron chi connectivity index (χ1n) is 10.5. The van der Waals surface area contributed by atoms with Gasteiger partial charge in [-0.1, -0.05) is 56.1 Å². The predicted octanol–water partition coefficient (Wildman–Crippen LogP) is 3.40. The third-order valence-corrected chi connectivity index (χ3v) is 6.49. The zero-order valence-corrected chi connectivity index (χ0v) is 19.0. The highest BCUT2D eigenvalue weighted by molar-refractivity contribution is 7.99. The number of carbonyl (C=O) groups excluding carboxylic acids is 2. The smallest absolute Gasteiger partial charge is 0.251 e. The van der Waals surface area contributed by atoms with Gasteiger partial charge in [-0.25, -0.2) is 0 Å². The molecule has 0 radical (unpaired) electrons. The molecule has 1 aliphatic rings. The molecule has 1 aliphatic carbocycles. The normalized spacial score (nSPS) is 15.4. The molecular weight excluding hydrogens is 398 g/mol. The summed E-state index contributed by atoms with van der Waals surface area (Å²) in [5, 5.41) is 15.4. The van der Waals surface area contributed by atoms with Crippen LogP contribution in [0, 0.1) is 12.8 Å². The van der Waals surface area contributed by atoms with Crippen molar-refractivity contribution in [1.29, 1.82) is 0 Å². The molecule has 1 fully saturated rings. The van der Waals surface area contributed by atoms with E-state index in [1.54, 1.807) is 0 Å². The highest BCUT2D eigenvalue weighted by Gasteiger charge is 2.25. The molecule has 30 heavy (non-hydrogen) atoms. The molecular formula is C22H31N5O2S. The van der Waals surface area contributed by atoms with Crippen molar-refractivity contribution in [3.63, 3.8) is 0 Å². The highest BCUT2D eigenvalue weighted by atomic mass is 32.2. The highest BCUT2D eigenvalue weighted by Crippen LogP contribution is 2.25. The van der Waals surface area contributed by atoms with E-state index in [1.165, 1.54) is 24.6 Å². The Morgan fingerprint density at radius 3 is 2.47 bits per heavy atom. The quantitative estimate of drug-likeness (QED) is 0.628. The topological polar surface area (TPSA) is 88.9 Å². The minimum Gasteiger partial charge on any atom is -0.353 e. The number of benzene rings is 1. The van der Waals surface area contributed by atoms with E-state index in [-0.39, 0.29) is 23.8 Å². The van der Waals surface area contributed by atoms with Gasteiger partial charge in [-0.2, -0.15) is 0 Å². The molecule has 2 aromatic rings. The Balaban J connectivity index is 1.64. The summed E-state index contributed by atoms with van der Waals surface area (Å²) < 4.78 is 1.87. The first kappa shape index (κ1) is 22.3. The Kier molecular flexibility index (Phi) is 7.53. The van der Waals surface area contributed by atoms with Gasteiger partial charge in [0.15, 0.2) is 11.0 Å². The van der Waals surface area contributed by atoms with Crippen LogP contribution in [0.3, 0.4) is 0 Å². The monoisotopic (exact) mass is 429 g/mol. The third kappa shape index (κ3) is 5.62. The first-order chi connectivity index (χ1) is 14.3. The molecule has 0 bridgehead atoms. The van der Waals surface area contributed by atoms with Crippen LogP contribution in [0.15, 0.2) is 29.4 Å². The SMILES string of the molecule is Cc1ccc(C(=O)NC(c2nnc(SCC(=O)NC3CCCC3)n2C)C(C)C)cc1. The van der Waals surface area contributed by atoms with Crippen LogP contribution in [0.5, 0.6) is 0 Å². The van der Waals surface area contributed by atoms with Crippen LogP contribution in [0.4, 0.5) is 0 Å². The van der Waals surface area contributed by atoms with E-state index in [0.29, 0.717) is 28.3 Å². The Morgan fingerprint density at radius 1 is 1.17 bits per heavy atom. The second-order valence-electron chi connectivity index (χ2n) is 8.30. The van der Waals surface area contributed by atoms with Gasteiger partial charge in [-0.15, -0.1) is 10.2 Å². The summed E-state index contributed by atoms with van der Waals surface area (Å²) >= 11 is 1.37. The fourth-order valence-corrected chi connectivity index (χ4v) is 4.38. The molecule has 1 aromatic heterocycles. The van der Waals surface area contributed by atoms with E-state index < -0.39 is 0 Å². The van der Waals surface area contributed by atoms with Gasteiger partial charge in [-0.05, 0) is 37.8 Å². The number of nitrogens with zero attached hydrogens (tertiary/aromatic N) is 3. The number of nitrogens with one attached hydrogen (secondary N) is 2. The summed E-state index contributed by atoms with van der Waals surface area (Å²) in [5.74, 6) is 1.02. The predicted molar refractivity (Wildman–Crippen MR) is 118 cm³/mol. The van der Waals surface area contributed by atoms with Gasteiger partial charge in [-0.3, -0.25) is 9.59 Å². The number of rotatable bonds is 8. The fraction of sp³-hybridized carbons (Fsp3) is 0.545. The van der Waals surface area contributed by atoms with Crippen LogP contribution in [-0.4, -0.2) is 38.4 Å². The van der Waals surface area contributed by atoms with Crippen molar-refractivity contribution in [2.75, 3.05) is 5.75 Å². The number of thioether (sulfide) groups is 1. The zero-order chi connectivity index (χ0) is 21.7. The van der Waals surface area contributed by atoms with Crippen LogP contribution >= 0.6 is 11.8 Å². The summed E-state index contributed by atoms with van der Waals surface area (Å²) in [7, 11) is 1.87. The lowest BCUT2D eigenvalue weighted by Crippen LogP contribution is -2.34. The fourth-order valence-electron chi connectivity index (χ4n) is 3.65. The van der Waals surface area contributed by atoms with Crippen LogP contribution in [-0.2, 0) is 11.8 Å². The molecule has 1 aromatic carbocycles. The van der Waals surface area contributed by atoms with Gasteiger partial charge in [0.25, 0.3) is 5.91 Å². The van der Waals surface area contributed by atoms with E-state index in [1.807, 2.05) is 56.7 Å². The maximum absolute atomic E-state index is 12.7. The van der Waals surface area contributed by atoms with E-state index in [0.717, 1.165) is 18.4 Å². The number of aromatic nitrogens is 3. The van der Waals surface area contributed by atoms with Gasteiger partial charge in [0.2, 0.25) is 5.91 Å². The van der Waals surface area contributed by atoms with Crippen molar-refractivity contribution in [2.24, 2.45) is 13.0 Å². The van der Waals surface area contributed by atoms with Crippen LogP contribution in [0.25, 0.3) is 0 Å². The van der Waals surface area contributed by atoms with Gasteiger partial charge >= 0.3 is 0 Å². The maximum atomic E-state index is 12.7. The van der Waals surface area contributed by atoms with E-state index >= 15 is 0 Å². The molecule has 1 unspecified atom stereocenters. The molecule has 3 rings (SSSR count). The van der Waals surface area contributed by atoms with Gasteiger partial charge in [0.1, 0.15) is 0 Å². The molecule has 1 atom stereocenters. The van der Waals surface area contributed by atoms with Crippen molar-refractivity contribution >= 4 is 23.6 Å². The Morgan fingerprint density at radius 2 is 1.83 bits per heavy atom. The maximum Gasteiger partial charge on any atom is 0.251 e. The zero-order valence-electron chi connectivity index (χ0n) is 18.1. The standard InChI is InChI=1S/C22H31N5O2S/c1-14(2)19(24-21(29)16-11-9-15(3)10-12-16)20-25-26-22(27(20)4)30-13-18(28)23-17-7-5-6-8-17/h9-12,14,17,19H,5-8,13H2,1-4H3,(H,23,28)(H,24,29). The number of carbonyl (C=O) groups is 2. The van der Waals surface area contributed by atoms with Gasteiger partial charge in [0, 0.05) is 18.7 Å². The lowest BCUT2D eigenvalue weighted by molar-refractivity contribution is -0.119. The van der Waals surface area contributed by atoms with Crippen molar-refractivity contribution in [3.05, 3.63) is 41.2 Å². The Bertz CT molecular complexity index is 872. The second kappa shape index (κ2) is 10.1. The van der Waals surface area contributed by atoms with Crippen molar-refractivity contribution in [1.82, 2.24) is 25.4 Å². The molecule has 0 aliphatic heterocycles. The molecule has 2 amide bonds. The van der Waals surface area contributed by atoms with Crippen molar-refractivity contribution in [3.8, 4) is 0 Å². The molecule has 7 nitrogen and oxygen atoms in total. The molecule has 0 spiro atoms. The van der Waals surface area contributed by atoms with Crippen LogP contribution in [0.1, 0.15) is 67.3 Å². The average molecular weight is 430 g/mol. The molecule has 8 heteroatoms. The van der Waals surface area contributed by atoms with E-state index in [9.17, 15) is 9.59 Å². The lowest BCUT2D eigenvalue weighted by atomic mass is 10.0. The van der Waals surface area contributed by atoms with Crippen molar-refractivity contribution in [2.45, 2.75) is 63.7 Å². The number of amides is 2. The molecule has 162 valence electrons. The molecule has 1 heterocycles. The van der Waals surface area contributed by atoms with Crippen LogP contribution in [0.2, 0.25) is 0 Å². The van der Waals surface area contributed by atoms with Crippen LogP contribution < -0.4 is 10.6 Å². The summed E-state index contributed by atoms with van der Waals surface area (Å²) in [6.07, 6.45) is 4.52. The molecule has 2 N–H and O–H groups in total. The van der Waals surface area contributed by atoms with Gasteiger partial charge in [0.05, 0.1) is 11.8 Å². The summed E-state index contributed by atoms with van der Waals surface area (Å²) in [6.45, 7) is 6.07. The number of hydrogen-bond donors (Lipinski definition) is 2. The van der Waals surface area contributed by atoms with Gasteiger partial charge < -0.3 is 15.2 Å². The Labute approximate surface area is 182 Å². The molecule has 1 saturated carbocycles. The summed E-state index contributed by atoms with van der Waals surface area (Å²) in [5.41, 5.74) is 1.73. The van der Waals surface area contributed by atoms with E-state index in [2.05, 4.69) is 20.8 Å². The number of hydrogen-bond acceptors (Lipinski definition) is 5. The average Bonchev–Trinajstić information content (AvgIpc) is 3.34.